The summed E-state index contributed by atoms with van der Waals surface area (Å²) in [5, 5.41) is 21.1. The quantitative estimate of drug-likeness (QED) is 0.433. The number of hydrogen-bond donors (Lipinski definition) is 2. The molecule has 2 amide bonds. The molecular formula is C25H24Cl2N8O2. The van der Waals surface area contributed by atoms with Crippen molar-refractivity contribution in [2.45, 2.75) is 39.3 Å². The number of carbonyl (C=O) groups excluding carboxylic acids is 2. The number of rotatable bonds is 7. The highest BCUT2D eigenvalue weighted by Gasteiger charge is 2.27. The molecule has 2 N–H and O–H groups in total. The fourth-order valence-corrected chi connectivity index (χ4v) is 4.37. The van der Waals surface area contributed by atoms with Crippen LogP contribution < -0.4 is 10.6 Å². The smallest absolute Gasteiger partial charge is 0.274 e. The van der Waals surface area contributed by atoms with Crippen molar-refractivity contribution in [3.05, 3.63) is 80.9 Å². The number of pyridine rings is 1. The summed E-state index contributed by atoms with van der Waals surface area (Å²) in [5.41, 5.74) is 2.99. The molecule has 0 radical (unpaired) electrons. The number of aryl methyl sites for hydroxylation is 1. The third-order valence-electron chi connectivity index (χ3n) is 5.99. The van der Waals surface area contributed by atoms with E-state index in [0.717, 1.165) is 18.5 Å². The second-order valence-corrected chi connectivity index (χ2v) is 9.75. The van der Waals surface area contributed by atoms with E-state index in [1.54, 1.807) is 48.5 Å². The van der Waals surface area contributed by atoms with Gasteiger partial charge in [-0.15, -0.1) is 0 Å². The van der Waals surface area contributed by atoms with Gasteiger partial charge in [0.05, 0.1) is 35.1 Å². The van der Waals surface area contributed by atoms with E-state index in [9.17, 15) is 9.59 Å². The van der Waals surface area contributed by atoms with Crippen molar-refractivity contribution in [2.24, 2.45) is 10.3 Å². The molecule has 10 nitrogen and oxygen atoms in total. The molecule has 1 aliphatic carbocycles. The lowest BCUT2D eigenvalue weighted by Crippen LogP contribution is -2.27. The van der Waals surface area contributed by atoms with Gasteiger partial charge in [-0.1, -0.05) is 28.4 Å². The Hall–Kier alpha value is -3.76. The van der Waals surface area contributed by atoms with Gasteiger partial charge in [-0.2, -0.15) is 10.2 Å². The molecular weight excluding hydrogens is 515 g/mol. The van der Waals surface area contributed by atoms with Crippen LogP contribution >= 0.6 is 23.2 Å². The minimum absolute atomic E-state index is 0.148. The van der Waals surface area contributed by atoms with Crippen LogP contribution in [0.4, 0.5) is 5.69 Å². The maximum Gasteiger partial charge on any atom is 0.274 e. The standard InChI is InChI=1S/C25H24Cl2N8O2/c1-14-10-16(26)11-19(24(36)30-17-5-6-17)22(14)31-25(37)21-12-18(13-34-15(2)7-9-29-33-34)32-35(21)23-20(27)4-3-8-28-23/h3-4,7-8,10-12,17H,5-6,9,13H2,1-2H3,(H,30,36)(H,31,37). The zero-order valence-corrected chi connectivity index (χ0v) is 21.7. The van der Waals surface area contributed by atoms with E-state index < -0.39 is 5.91 Å². The first-order valence-electron chi connectivity index (χ1n) is 11.7. The molecule has 0 spiro atoms. The number of nitrogens with one attached hydrogen (secondary N) is 2. The van der Waals surface area contributed by atoms with Crippen molar-refractivity contribution in [3.8, 4) is 5.82 Å². The summed E-state index contributed by atoms with van der Waals surface area (Å²) in [6, 6.07) is 8.40. The molecule has 190 valence electrons. The second kappa shape index (κ2) is 10.3. The third kappa shape index (κ3) is 5.50. The summed E-state index contributed by atoms with van der Waals surface area (Å²) < 4.78 is 1.39. The fourth-order valence-electron chi connectivity index (χ4n) is 3.89. The Labute approximate surface area is 223 Å². The van der Waals surface area contributed by atoms with Crippen LogP contribution in [0.5, 0.6) is 0 Å². The fraction of sp³-hybridized carbons (Fsp3) is 0.280. The normalized spacial score (nSPS) is 14.9. The van der Waals surface area contributed by atoms with Crippen LogP contribution in [0.1, 0.15) is 51.9 Å². The lowest BCUT2D eigenvalue weighted by atomic mass is 10.1. The van der Waals surface area contributed by atoms with E-state index in [1.807, 2.05) is 13.0 Å². The van der Waals surface area contributed by atoms with Gasteiger partial charge in [-0.25, -0.2) is 14.7 Å². The van der Waals surface area contributed by atoms with E-state index >= 15 is 0 Å². The van der Waals surface area contributed by atoms with Gasteiger partial charge < -0.3 is 10.6 Å². The molecule has 37 heavy (non-hydrogen) atoms. The van der Waals surface area contributed by atoms with Crippen molar-refractivity contribution >= 4 is 40.7 Å². The Morgan fingerprint density at radius 2 is 1.95 bits per heavy atom. The summed E-state index contributed by atoms with van der Waals surface area (Å²) in [6.45, 7) is 4.52. The first-order chi connectivity index (χ1) is 17.8. The molecule has 0 unspecified atom stereocenters. The largest absolute Gasteiger partial charge is 0.349 e. The molecule has 1 saturated carbocycles. The van der Waals surface area contributed by atoms with Gasteiger partial charge in [0.25, 0.3) is 11.8 Å². The molecule has 12 heteroatoms. The van der Waals surface area contributed by atoms with Gasteiger partial charge in [-0.05, 0) is 68.7 Å². The lowest BCUT2D eigenvalue weighted by molar-refractivity contribution is 0.0952. The molecule has 3 heterocycles. The van der Waals surface area contributed by atoms with Crippen molar-refractivity contribution in [1.82, 2.24) is 25.1 Å². The van der Waals surface area contributed by atoms with Crippen molar-refractivity contribution in [1.29, 1.82) is 0 Å². The van der Waals surface area contributed by atoms with Crippen LogP contribution in [0.3, 0.4) is 0 Å². The number of anilines is 1. The molecule has 1 aliphatic heterocycles. The lowest BCUT2D eigenvalue weighted by Gasteiger charge is -2.19. The Bertz CT molecular complexity index is 1440. The number of halogens is 2. The second-order valence-electron chi connectivity index (χ2n) is 8.91. The van der Waals surface area contributed by atoms with Crippen molar-refractivity contribution in [3.63, 3.8) is 0 Å². The molecule has 5 rings (SSSR count). The maximum atomic E-state index is 13.7. The minimum atomic E-state index is -0.487. The van der Waals surface area contributed by atoms with Crippen molar-refractivity contribution in [2.75, 3.05) is 11.9 Å². The molecule has 1 aromatic carbocycles. The number of carbonyl (C=O) groups is 2. The van der Waals surface area contributed by atoms with Crippen LogP contribution in [-0.2, 0) is 6.54 Å². The number of hydrogen-bond acceptors (Lipinski definition) is 7. The van der Waals surface area contributed by atoms with Crippen LogP contribution in [0.25, 0.3) is 5.82 Å². The van der Waals surface area contributed by atoms with E-state index in [4.69, 9.17) is 23.2 Å². The average molecular weight is 539 g/mol. The van der Waals surface area contributed by atoms with Gasteiger partial charge in [-0.3, -0.25) is 9.59 Å². The van der Waals surface area contributed by atoms with Gasteiger partial charge in [0.15, 0.2) is 5.82 Å². The SMILES string of the molecule is CC1=CCN=NN1Cc1cc(C(=O)Nc2c(C)cc(Cl)cc2C(=O)NC2CC2)n(-c2ncccc2Cl)n1. The number of aromatic nitrogens is 3. The number of amides is 2. The summed E-state index contributed by atoms with van der Waals surface area (Å²) >= 11 is 12.7. The molecule has 0 atom stereocenters. The first-order valence-corrected chi connectivity index (χ1v) is 12.5. The summed E-state index contributed by atoms with van der Waals surface area (Å²) in [5.74, 6) is -0.477. The highest BCUT2D eigenvalue weighted by molar-refractivity contribution is 6.32. The molecule has 2 aliphatic rings. The average Bonchev–Trinajstić information content (AvgIpc) is 3.58. The third-order valence-corrected chi connectivity index (χ3v) is 6.50. The highest BCUT2D eigenvalue weighted by Crippen LogP contribution is 2.29. The highest BCUT2D eigenvalue weighted by atomic mass is 35.5. The molecule has 0 saturated heterocycles. The molecule has 0 bridgehead atoms. The Morgan fingerprint density at radius 1 is 1.14 bits per heavy atom. The van der Waals surface area contributed by atoms with E-state index in [-0.39, 0.29) is 17.6 Å². The molecule has 3 aromatic rings. The number of nitrogens with zero attached hydrogens (tertiary/aromatic N) is 6. The van der Waals surface area contributed by atoms with Gasteiger partial charge in [0.2, 0.25) is 0 Å². The van der Waals surface area contributed by atoms with Crippen LogP contribution in [0.2, 0.25) is 10.0 Å². The minimum Gasteiger partial charge on any atom is -0.349 e. The van der Waals surface area contributed by atoms with Crippen LogP contribution in [0, 0.1) is 6.92 Å². The Balaban J connectivity index is 1.51. The van der Waals surface area contributed by atoms with Gasteiger partial charge in [0.1, 0.15) is 5.69 Å². The van der Waals surface area contributed by atoms with Gasteiger partial charge >= 0.3 is 0 Å². The topological polar surface area (TPSA) is 117 Å². The summed E-state index contributed by atoms with van der Waals surface area (Å²) in [4.78, 5) is 30.9. The number of benzene rings is 1. The Morgan fingerprint density at radius 3 is 2.68 bits per heavy atom. The van der Waals surface area contributed by atoms with Crippen LogP contribution in [0.15, 0.2) is 58.6 Å². The molecule has 2 aromatic heterocycles. The molecule has 1 fully saturated rings. The summed E-state index contributed by atoms with van der Waals surface area (Å²) in [7, 11) is 0. The van der Waals surface area contributed by atoms with Crippen molar-refractivity contribution < 1.29 is 9.59 Å². The summed E-state index contributed by atoms with van der Waals surface area (Å²) in [6.07, 6.45) is 5.39. The number of allylic oxidation sites excluding steroid dienone is 1. The van der Waals surface area contributed by atoms with E-state index in [0.29, 0.717) is 51.5 Å². The maximum absolute atomic E-state index is 13.7. The zero-order valence-electron chi connectivity index (χ0n) is 20.2. The predicted molar refractivity (Wildman–Crippen MR) is 140 cm³/mol. The predicted octanol–water partition coefficient (Wildman–Crippen LogP) is 5.11. The van der Waals surface area contributed by atoms with E-state index in [2.05, 4.69) is 31.1 Å². The Kier molecular flexibility index (Phi) is 6.94. The zero-order chi connectivity index (χ0) is 26.1. The van der Waals surface area contributed by atoms with Gasteiger partial charge in [0, 0.05) is 23.0 Å². The van der Waals surface area contributed by atoms with Crippen LogP contribution in [-0.4, -0.2) is 44.2 Å². The first kappa shape index (κ1) is 24.9. The van der Waals surface area contributed by atoms with E-state index in [1.165, 1.54) is 4.68 Å². The monoisotopic (exact) mass is 538 g/mol.